The molecule has 6 nitrogen and oxygen atoms in total. The molecule has 6 heteroatoms. The fourth-order valence-corrected chi connectivity index (χ4v) is 5.73. The summed E-state index contributed by atoms with van der Waals surface area (Å²) in [5.41, 5.74) is 0.274. The molecule has 0 spiro atoms. The number of nitrogens with zero attached hydrogens (tertiary/aromatic N) is 2. The van der Waals surface area contributed by atoms with Gasteiger partial charge in [-0.1, -0.05) is 31.4 Å². The molecule has 166 valence electrons. The number of likely N-dealkylation sites (tertiary alicyclic amines) is 1. The van der Waals surface area contributed by atoms with Gasteiger partial charge in [0.2, 0.25) is 5.91 Å². The summed E-state index contributed by atoms with van der Waals surface area (Å²) in [7, 11) is 0. The van der Waals surface area contributed by atoms with Gasteiger partial charge in [-0.3, -0.25) is 9.59 Å². The summed E-state index contributed by atoms with van der Waals surface area (Å²) in [5.74, 6) is 1.00. The minimum absolute atomic E-state index is 0.000843. The van der Waals surface area contributed by atoms with Crippen molar-refractivity contribution < 1.29 is 14.6 Å². The number of ether oxygens (including phenoxy) is 1. The van der Waals surface area contributed by atoms with Crippen molar-refractivity contribution in [2.24, 2.45) is 5.92 Å². The smallest absolute Gasteiger partial charge is 0.260 e. The SMILES string of the molecule is CC1(C)Oc2c(c(=O)n(CC3CCCCC3)c3ccccc23)C(N2CCCC2=O)C1O. The van der Waals surface area contributed by atoms with Gasteiger partial charge < -0.3 is 19.3 Å². The number of hydrogen-bond donors (Lipinski definition) is 1. The molecule has 1 aromatic heterocycles. The predicted octanol–water partition coefficient (Wildman–Crippen LogP) is 3.78. The number of amides is 1. The molecule has 1 N–H and O–H groups in total. The van der Waals surface area contributed by atoms with Crippen LogP contribution in [0.5, 0.6) is 5.75 Å². The number of pyridine rings is 1. The maximum absolute atomic E-state index is 14.0. The van der Waals surface area contributed by atoms with Crippen LogP contribution in [0.25, 0.3) is 10.9 Å². The highest BCUT2D eigenvalue weighted by atomic mass is 16.5. The zero-order chi connectivity index (χ0) is 21.8. The van der Waals surface area contributed by atoms with Crippen LogP contribution in [0.3, 0.4) is 0 Å². The van der Waals surface area contributed by atoms with Crippen molar-refractivity contribution in [3.63, 3.8) is 0 Å². The molecule has 0 bridgehead atoms. The number of carbonyl (C=O) groups excluding carboxylic acids is 1. The van der Waals surface area contributed by atoms with E-state index in [-0.39, 0.29) is 11.5 Å². The van der Waals surface area contributed by atoms with Gasteiger partial charge in [0.1, 0.15) is 17.5 Å². The van der Waals surface area contributed by atoms with Gasteiger partial charge in [-0.15, -0.1) is 0 Å². The Kier molecular flexibility index (Phi) is 5.08. The molecule has 1 saturated carbocycles. The van der Waals surface area contributed by atoms with Gasteiger partial charge in [0.25, 0.3) is 5.56 Å². The Morgan fingerprint density at radius 2 is 1.84 bits per heavy atom. The summed E-state index contributed by atoms with van der Waals surface area (Å²) in [4.78, 5) is 28.4. The Bertz CT molecular complexity index is 1070. The number of aliphatic hydroxyl groups excluding tert-OH is 1. The minimum Gasteiger partial charge on any atom is -0.484 e. The molecule has 2 aromatic rings. The van der Waals surface area contributed by atoms with Gasteiger partial charge in [0, 0.05) is 24.9 Å². The van der Waals surface area contributed by atoms with E-state index in [2.05, 4.69) is 0 Å². The lowest BCUT2D eigenvalue weighted by Gasteiger charge is -2.45. The third-order valence-electron chi connectivity index (χ3n) is 7.44. The summed E-state index contributed by atoms with van der Waals surface area (Å²) in [5, 5.41) is 12.1. The molecule has 31 heavy (non-hydrogen) atoms. The van der Waals surface area contributed by atoms with E-state index in [0.717, 1.165) is 30.2 Å². The third-order valence-corrected chi connectivity index (χ3v) is 7.44. The Morgan fingerprint density at radius 1 is 1.10 bits per heavy atom. The Labute approximate surface area is 182 Å². The second-order valence-electron chi connectivity index (χ2n) is 9.97. The van der Waals surface area contributed by atoms with E-state index in [4.69, 9.17) is 4.74 Å². The molecule has 2 fully saturated rings. The number of benzene rings is 1. The van der Waals surface area contributed by atoms with Gasteiger partial charge in [-0.25, -0.2) is 0 Å². The van der Waals surface area contributed by atoms with Gasteiger partial charge in [-0.2, -0.15) is 0 Å². The number of carbonyl (C=O) groups is 1. The Morgan fingerprint density at radius 3 is 2.55 bits per heavy atom. The van der Waals surface area contributed by atoms with Crippen molar-refractivity contribution >= 4 is 16.8 Å². The number of para-hydroxylation sites is 1. The van der Waals surface area contributed by atoms with Crippen molar-refractivity contribution in [3.8, 4) is 5.75 Å². The van der Waals surface area contributed by atoms with Crippen molar-refractivity contribution in [3.05, 3.63) is 40.2 Å². The number of rotatable bonds is 3. The highest BCUT2D eigenvalue weighted by Crippen LogP contribution is 2.45. The predicted molar refractivity (Wildman–Crippen MR) is 119 cm³/mol. The Hall–Kier alpha value is -2.34. The normalized spacial score (nSPS) is 26.2. The van der Waals surface area contributed by atoms with Gasteiger partial charge in [0.15, 0.2) is 0 Å². The zero-order valence-electron chi connectivity index (χ0n) is 18.5. The van der Waals surface area contributed by atoms with Crippen molar-refractivity contribution in [2.45, 2.75) is 83.1 Å². The van der Waals surface area contributed by atoms with Crippen LogP contribution in [0.15, 0.2) is 29.1 Å². The van der Waals surface area contributed by atoms with Crippen LogP contribution in [0.1, 0.15) is 70.4 Å². The lowest BCUT2D eigenvalue weighted by Crippen LogP contribution is -2.56. The van der Waals surface area contributed by atoms with E-state index in [1.807, 2.05) is 42.7 Å². The number of fused-ring (bicyclic) bond motifs is 3. The van der Waals surface area contributed by atoms with Crippen molar-refractivity contribution in [1.29, 1.82) is 0 Å². The zero-order valence-corrected chi connectivity index (χ0v) is 18.5. The maximum atomic E-state index is 14.0. The molecule has 1 saturated heterocycles. The van der Waals surface area contributed by atoms with E-state index in [1.54, 1.807) is 4.90 Å². The first-order valence-corrected chi connectivity index (χ1v) is 11.7. The van der Waals surface area contributed by atoms with Crippen LogP contribution >= 0.6 is 0 Å². The molecule has 3 aliphatic rings. The molecule has 0 radical (unpaired) electrons. The molecule has 5 rings (SSSR count). The molecule has 1 aliphatic carbocycles. The fraction of sp³-hybridized carbons (Fsp3) is 0.600. The average molecular weight is 425 g/mol. The fourth-order valence-electron chi connectivity index (χ4n) is 5.73. The van der Waals surface area contributed by atoms with Crippen LogP contribution in [0.4, 0.5) is 0 Å². The van der Waals surface area contributed by atoms with Gasteiger partial charge >= 0.3 is 0 Å². The molecule has 3 heterocycles. The molecule has 2 unspecified atom stereocenters. The lowest BCUT2D eigenvalue weighted by molar-refractivity contribution is -0.139. The number of aromatic nitrogens is 1. The molecular weight excluding hydrogens is 392 g/mol. The van der Waals surface area contributed by atoms with E-state index < -0.39 is 17.7 Å². The molecule has 1 aromatic carbocycles. The second kappa shape index (κ2) is 7.66. The number of hydrogen-bond acceptors (Lipinski definition) is 4. The van der Waals surface area contributed by atoms with Gasteiger partial charge in [0.05, 0.1) is 17.1 Å². The summed E-state index contributed by atoms with van der Waals surface area (Å²) < 4.78 is 8.18. The van der Waals surface area contributed by atoms with Crippen LogP contribution in [-0.4, -0.2) is 38.7 Å². The van der Waals surface area contributed by atoms with E-state index >= 15 is 0 Å². The van der Waals surface area contributed by atoms with Crippen LogP contribution in [0.2, 0.25) is 0 Å². The quantitative estimate of drug-likeness (QED) is 0.814. The Balaban J connectivity index is 1.73. The molecular formula is C25H32N2O4. The highest BCUT2D eigenvalue weighted by Gasteiger charge is 2.49. The first-order valence-electron chi connectivity index (χ1n) is 11.7. The summed E-state index contributed by atoms with van der Waals surface area (Å²) >= 11 is 0. The molecule has 2 atom stereocenters. The van der Waals surface area contributed by atoms with E-state index in [1.165, 1.54) is 19.3 Å². The summed E-state index contributed by atoms with van der Waals surface area (Å²) in [6.07, 6.45) is 6.21. The number of aliphatic hydroxyl groups is 1. The molecule has 1 amide bonds. The highest BCUT2D eigenvalue weighted by molar-refractivity contribution is 5.88. The topological polar surface area (TPSA) is 71.8 Å². The lowest BCUT2D eigenvalue weighted by atomic mass is 9.85. The standard InChI is InChI=1S/C25H32N2O4/c1-25(2)23(29)21(26-14-8-13-19(26)28)20-22(31-25)17-11-6-7-12-18(17)27(24(20)30)15-16-9-4-3-5-10-16/h6-7,11-12,16,21,23,29H,3-5,8-10,13-15H2,1-2H3. The molecule has 2 aliphatic heterocycles. The largest absolute Gasteiger partial charge is 0.484 e. The van der Waals surface area contributed by atoms with E-state index in [9.17, 15) is 14.7 Å². The van der Waals surface area contributed by atoms with Crippen LogP contribution < -0.4 is 10.3 Å². The minimum atomic E-state index is -0.973. The van der Waals surface area contributed by atoms with Crippen LogP contribution in [0, 0.1) is 5.92 Å². The maximum Gasteiger partial charge on any atom is 0.260 e. The van der Waals surface area contributed by atoms with Crippen LogP contribution in [-0.2, 0) is 11.3 Å². The monoisotopic (exact) mass is 424 g/mol. The van der Waals surface area contributed by atoms with Crippen molar-refractivity contribution in [2.75, 3.05) is 6.54 Å². The average Bonchev–Trinajstić information content (AvgIpc) is 3.18. The summed E-state index contributed by atoms with van der Waals surface area (Å²) in [6, 6.07) is 7.20. The first-order chi connectivity index (χ1) is 14.9. The van der Waals surface area contributed by atoms with E-state index in [0.29, 0.717) is 36.7 Å². The summed E-state index contributed by atoms with van der Waals surface area (Å²) in [6.45, 7) is 4.89. The third kappa shape index (κ3) is 3.36. The van der Waals surface area contributed by atoms with Gasteiger partial charge in [-0.05, 0) is 51.2 Å². The second-order valence-corrected chi connectivity index (χ2v) is 9.97. The van der Waals surface area contributed by atoms with Crippen molar-refractivity contribution in [1.82, 2.24) is 9.47 Å². The first kappa shape index (κ1) is 20.6.